The summed E-state index contributed by atoms with van der Waals surface area (Å²) in [6, 6.07) is 7.14. The van der Waals surface area contributed by atoms with Crippen LogP contribution in [0.25, 0.3) is 0 Å². The Morgan fingerprint density at radius 3 is 2.09 bits per heavy atom. The Hall–Kier alpha value is -1.32. The molecule has 196 valence electrons. The second-order valence-corrected chi connectivity index (χ2v) is 9.02. The highest BCUT2D eigenvalue weighted by molar-refractivity contribution is 9.12. The number of amides is 2. The zero-order chi connectivity index (χ0) is 25.6. The van der Waals surface area contributed by atoms with Gasteiger partial charge in [-0.1, -0.05) is 5.92 Å². The third kappa shape index (κ3) is 17.7. The minimum Gasteiger partial charge on any atom is -0.379 e. The highest BCUT2D eigenvalue weighted by atomic mass is 79.9. The first-order chi connectivity index (χ1) is 17.1. The van der Waals surface area contributed by atoms with Crippen LogP contribution in [0.5, 0.6) is 0 Å². The number of hydrogen-bond acceptors (Lipinski definition) is 7. The lowest BCUT2D eigenvalue weighted by Gasteiger charge is -2.08. The summed E-state index contributed by atoms with van der Waals surface area (Å²) in [6.45, 7) is 4.20. The van der Waals surface area contributed by atoms with Gasteiger partial charge in [0, 0.05) is 59.1 Å². The molecule has 8 nitrogen and oxygen atoms in total. The third-order valence-corrected chi connectivity index (χ3v) is 5.71. The van der Waals surface area contributed by atoms with Crippen LogP contribution in [0.2, 0.25) is 0 Å². The smallest absolute Gasteiger partial charge is 0.251 e. The molecule has 4 N–H and O–H groups in total. The Kier molecular flexibility index (Phi) is 19.9. The van der Waals surface area contributed by atoms with Crippen molar-refractivity contribution < 1.29 is 23.8 Å². The molecule has 0 aromatic heterocycles. The van der Waals surface area contributed by atoms with Crippen molar-refractivity contribution in [2.24, 2.45) is 5.14 Å². The van der Waals surface area contributed by atoms with Crippen molar-refractivity contribution in [2.75, 3.05) is 52.7 Å². The van der Waals surface area contributed by atoms with Gasteiger partial charge in [-0.3, -0.25) is 14.7 Å². The van der Waals surface area contributed by atoms with E-state index in [0.717, 1.165) is 29.7 Å². The molecule has 0 aliphatic carbocycles. The Labute approximate surface area is 226 Å². The van der Waals surface area contributed by atoms with E-state index >= 15 is 0 Å². The number of carbonyl (C=O) groups is 2. The van der Waals surface area contributed by atoms with E-state index in [1.807, 2.05) is 12.1 Å². The van der Waals surface area contributed by atoms with Crippen LogP contribution in [0.3, 0.4) is 0 Å². The molecule has 0 aliphatic heterocycles. The van der Waals surface area contributed by atoms with E-state index in [0.29, 0.717) is 77.6 Å². The van der Waals surface area contributed by atoms with Crippen molar-refractivity contribution in [3.05, 3.63) is 29.8 Å². The predicted molar refractivity (Wildman–Crippen MR) is 144 cm³/mol. The van der Waals surface area contributed by atoms with Gasteiger partial charge in [-0.25, -0.2) is 0 Å². The zero-order valence-corrected chi connectivity index (χ0v) is 23.0. The lowest BCUT2D eigenvalue weighted by molar-refractivity contribution is -0.121. The Morgan fingerprint density at radius 1 is 0.943 bits per heavy atom. The fraction of sp³-hybridized carbons (Fsp3) is 0.583. The van der Waals surface area contributed by atoms with Gasteiger partial charge in [0.05, 0.1) is 31.8 Å². The van der Waals surface area contributed by atoms with Gasteiger partial charge in [0.15, 0.2) is 0 Å². The van der Waals surface area contributed by atoms with E-state index in [1.54, 1.807) is 12.1 Å². The van der Waals surface area contributed by atoms with Crippen LogP contribution in [-0.4, -0.2) is 69.9 Å². The fourth-order valence-corrected chi connectivity index (χ4v) is 3.68. The molecule has 1 aromatic rings. The van der Waals surface area contributed by atoms with E-state index in [-0.39, 0.29) is 17.2 Å². The second-order valence-electron chi connectivity index (χ2n) is 7.39. The van der Waals surface area contributed by atoms with E-state index in [9.17, 15) is 9.59 Å². The van der Waals surface area contributed by atoms with Crippen LogP contribution in [0.1, 0.15) is 42.5 Å². The molecule has 0 saturated carbocycles. The molecule has 1 atom stereocenters. The number of hydrogen-bond donors (Lipinski definition) is 3. The van der Waals surface area contributed by atoms with Gasteiger partial charge in [-0.2, -0.15) is 0 Å². The molecule has 0 aliphatic rings. The summed E-state index contributed by atoms with van der Waals surface area (Å²) < 4.78 is 16.4. The van der Waals surface area contributed by atoms with Gasteiger partial charge < -0.3 is 24.8 Å². The summed E-state index contributed by atoms with van der Waals surface area (Å²) in [6.07, 6.45) is 3.31. The summed E-state index contributed by atoms with van der Waals surface area (Å²) >= 11 is 10.1. The maximum atomic E-state index is 12.0. The minimum absolute atomic E-state index is 0.0169. The molecular formula is C24H35BrClN3O5S. The molecule has 0 saturated heterocycles. The summed E-state index contributed by atoms with van der Waals surface area (Å²) in [7, 11) is 0. The molecule has 1 rings (SSSR count). The Bertz CT molecular complexity index is 777. The minimum atomic E-state index is -0.227. The van der Waals surface area contributed by atoms with Gasteiger partial charge in [0.25, 0.3) is 5.91 Å². The maximum absolute atomic E-state index is 12.0. The van der Waals surface area contributed by atoms with Crippen LogP contribution in [0.15, 0.2) is 29.2 Å². The molecule has 0 heterocycles. The van der Waals surface area contributed by atoms with Gasteiger partial charge in [0.1, 0.15) is 0 Å². The monoisotopic (exact) mass is 591 g/mol. The van der Waals surface area contributed by atoms with Crippen LogP contribution in [0.4, 0.5) is 0 Å². The summed E-state index contributed by atoms with van der Waals surface area (Å²) in [4.78, 5) is 27.2. The van der Waals surface area contributed by atoms with Crippen LogP contribution in [0, 0.1) is 10.8 Å². The lowest BCUT2D eigenvalue weighted by atomic mass is 10.2. The molecule has 0 bridgehead atoms. The van der Waals surface area contributed by atoms with Gasteiger partial charge in [-0.15, -0.1) is 11.6 Å². The van der Waals surface area contributed by atoms with Crippen molar-refractivity contribution in [3.8, 4) is 10.8 Å². The average molecular weight is 593 g/mol. The molecule has 11 heteroatoms. The number of alkyl halides is 1. The molecule has 35 heavy (non-hydrogen) atoms. The number of carbonyl (C=O) groups excluding carboxylic acids is 2. The quantitative estimate of drug-likeness (QED) is 0.0920. The van der Waals surface area contributed by atoms with Crippen molar-refractivity contribution in [1.82, 2.24) is 10.6 Å². The van der Waals surface area contributed by atoms with Crippen molar-refractivity contribution in [1.29, 1.82) is 0 Å². The molecule has 0 spiro atoms. The zero-order valence-electron chi connectivity index (χ0n) is 19.9. The summed E-state index contributed by atoms with van der Waals surface area (Å²) in [5.41, 5.74) is 0.609. The number of benzene rings is 1. The molecule has 1 unspecified atom stereocenters. The van der Waals surface area contributed by atoms with Gasteiger partial charge in [0.2, 0.25) is 5.91 Å². The molecular weight excluding hydrogens is 558 g/mol. The van der Waals surface area contributed by atoms with E-state index in [2.05, 4.69) is 37.3 Å². The summed E-state index contributed by atoms with van der Waals surface area (Å²) in [5, 5.41) is 11.0. The van der Waals surface area contributed by atoms with Gasteiger partial charge >= 0.3 is 0 Å². The van der Waals surface area contributed by atoms with Crippen molar-refractivity contribution >= 4 is 51.3 Å². The number of nitrogens with two attached hydrogens (primary N) is 1. The first kappa shape index (κ1) is 31.7. The van der Waals surface area contributed by atoms with Crippen LogP contribution in [-0.2, 0) is 19.0 Å². The van der Waals surface area contributed by atoms with Crippen molar-refractivity contribution in [3.63, 3.8) is 0 Å². The Morgan fingerprint density at radius 2 is 1.51 bits per heavy atom. The predicted octanol–water partition coefficient (Wildman–Crippen LogP) is 3.46. The SMILES string of the molecule is NSc1ccc(C(=O)NCCCOCCOCCOCCCNC(=O)CCCC(Cl)C#CBr)cc1. The van der Waals surface area contributed by atoms with Crippen LogP contribution < -0.4 is 15.8 Å². The Balaban J connectivity index is 1.82. The maximum Gasteiger partial charge on any atom is 0.251 e. The number of nitrogens with one attached hydrogen (secondary N) is 2. The molecule has 0 radical (unpaired) electrons. The standard InChI is InChI=1S/C24H35BrClN3O5S/c25-11-10-21(26)4-1-5-23(30)28-12-2-14-32-16-18-34-19-17-33-15-3-13-29-24(31)20-6-8-22(35-27)9-7-20/h6-9,21H,1-5,12-19,27H2,(H,28,30)(H,29,31). The highest BCUT2D eigenvalue weighted by Gasteiger charge is 2.05. The normalized spacial score (nSPS) is 11.4. The number of ether oxygens (including phenoxy) is 3. The second kappa shape index (κ2) is 21.9. The van der Waals surface area contributed by atoms with Crippen LogP contribution >= 0.6 is 39.5 Å². The molecule has 1 aromatic carbocycles. The number of rotatable bonds is 20. The topological polar surface area (TPSA) is 112 Å². The largest absolute Gasteiger partial charge is 0.379 e. The average Bonchev–Trinajstić information content (AvgIpc) is 2.86. The molecule has 0 fully saturated rings. The first-order valence-corrected chi connectivity index (χ1v) is 13.7. The number of halogens is 2. The molecule has 2 amide bonds. The van der Waals surface area contributed by atoms with E-state index in [4.69, 9.17) is 31.0 Å². The third-order valence-electron chi connectivity index (χ3n) is 4.61. The lowest BCUT2D eigenvalue weighted by Crippen LogP contribution is -2.25. The van der Waals surface area contributed by atoms with E-state index < -0.39 is 0 Å². The van der Waals surface area contributed by atoms with Gasteiger partial charge in [-0.05, 0) is 66.7 Å². The first-order valence-electron chi connectivity index (χ1n) is 11.6. The van der Waals surface area contributed by atoms with E-state index in [1.165, 1.54) is 0 Å². The summed E-state index contributed by atoms with van der Waals surface area (Å²) in [5.74, 6) is 2.69. The van der Waals surface area contributed by atoms with Crippen molar-refractivity contribution in [2.45, 2.75) is 42.4 Å². The highest BCUT2D eigenvalue weighted by Crippen LogP contribution is 2.12. The fourth-order valence-electron chi connectivity index (χ4n) is 2.77.